The minimum Gasteiger partial charge on any atom is -0.255 e. The van der Waals surface area contributed by atoms with Gasteiger partial charge in [0.2, 0.25) is 0 Å². The molecular formula is C16H12N2. The number of pyridine rings is 1. The monoisotopic (exact) mass is 232 g/mol. The molecule has 2 heteroatoms. The van der Waals surface area contributed by atoms with Gasteiger partial charge in [-0.2, -0.15) is 0 Å². The van der Waals surface area contributed by atoms with Gasteiger partial charge in [-0.3, -0.25) is 9.98 Å². The Labute approximate surface area is 106 Å². The summed E-state index contributed by atoms with van der Waals surface area (Å²) in [5, 5.41) is 2.31. The third-order valence-corrected chi connectivity index (χ3v) is 2.80. The maximum atomic E-state index is 4.46. The first-order valence-electron chi connectivity index (χ1n) is 5.87. The number of aliphatic imine (C=N–C) groups is 1. The zero-order chi connectivity index (χ0) is 12.2. The molecule has 0 radical (unpaired) electrons. The molecule has 0 saturated heterocycles. The van der Waals surface area contributed by atoms with Crippen molar-refractivity contribution in [2.75, 3.05) is 0 Å². The molecule has 2 aromatic rings. The summed E-state index contributed by atoms with van der Waals surface area (Å²) in [5.74, 6) is 0. The van der Waals surface area contributed by atoms with Gasteiger partial charge >= 0.3 is 0 Å². The molecule has 0 saturated carbocycles. The number of aromatic nitrogens is 1. The quantitative estimate of drug-likeness (QED) is 0.736. The van der Waals surface area contributed by atoms with E-state index in [1.807, 2.05) is 54.8 Å². The van der Waals surface area contributed by atoms with E-state index in [0.29, 0.717) is 0 Å². The lowest BCUT2D eigenvalue weighted by molar-refractivity contribution is 1.32. The summed E-state index contributed by atoms with van der Waals surface area (Å²) >= 11 is 0. The van der Waals surface area contributed by atoms with Gasteiger partial charge in [-0.05, 0) is 23.6 Å². The van der Waals surface area contributed by atoms with Crippen molar-refractivity contribution in [3.05, 3.63) is 78.8 Å². The third-order valence-electron chi connectivity index (χ3n) is 2.80. The molecule has 2 nitrogen and oxygen atoms in total. The topological polar surface area (TPSA) is 25.2 Å². The van der Waals surface area contributed by atoms with Crippen LogP contribution in [0.3, 0.4) is 0 Å². The van der Waals surface area contributed by atoms with Crippen LogP contribution in [0.4, 0.5) is 0 Å². The zero-order valence-electron chi connectivity index (χ0n) is 9.82. The number of benzene rings is 1. The lowest BCUT2D eigenvalue weighted by Gasteiger charge is -2.05. The minimum atomic E-state index is 0.882. The molecule has 0 amide bonds. The van der Waals surface area contributed by atoms with Gasteiger partial charge < -0.3 is 0 Å². The number of hydrogen-bond acceptors (Lipinski definition) is 2. The second kappa shape index (κ2) is 4.80. The summed E-state index contributed by atoms with van der Waals surface area (Å²) < 4.78 is 0. The molecule has 0 bridgehead atoms. The highest BCUT2D eigenvalue weighted by atomic mass is 14.8. The zero-order valence-corrected chi connectivity index (χ0v) is 9.82. The summed E-state index contributed by atoms with van der Waals surface area (Å²) in [7, 11) is 0. The molecule has 0 spiro atoms. The van der Waals surface area contributed by atoms with E-state index in [2.05, 4.69) is 22.1 Å². The smallest absolute Gasteiger partial charge is 0.0964 e. The van der Waals surface area contributed by atoms with Crippen LogP contribution in [-0.4, -0.2) is 10.7 Å². The normalized spacial score (nSPS) is 14.3. The fourth-order valence-electron chi connectivity index (χ4n) is 1.95. The Morgan fingerprint density at radius 2 is 1.72 bits per heavy atom. The van der Waals surface area contributed by atoms with Crippen molar-refractivity contribution in [1.82, 2.24) is 4.98 Å². The molecule has 0 unspecified atom stereocenters. The fraction of sp³-hybridized carbons (Fsp3) is 0. The Kier molecular flexibility index (Phi) is 2.84. The Morgan fingerprint density at radius 1 is 0.833 bits per heavy atom. The Bertz CT molecular complexity index is 686. The van der Waals surface area contributed by atoms with Crippen molar-refractivity contribution in [2.24, 2.45) is 4.99 Å². The van der Waals surface area contributed by atoms with Crippen molar-refractivity contribution in [3.8, 4) is 0 Å². The molecular weight excluding hydrogens is 220 g/mol. The molecule has 86 valence electrons. The van der Waals surface area contributed by atoms with Crippen molar-refractivity contribution in [1.29, 1.82) is 0 Å². The predicted octanol–water partition coefficient (Wildman–Crippen LogP) is 3.66. The van der Waals surface area contributed by atoms with E-state index in [1.165, 1.54) is 5.39 Å². The first-order valence-corrected chi connectivity index (χ1v) is 5.87. The van der Waals surface area contributed by atoms with Crippen molar-refractivity contribution < 1.29 is 0 Å². The van der Waals surface area contributed by atoms with Gasteiger partial charge in [0.05, 0.1) is 11.4 Å². The molecule has 0 fully saturated rings. The average molecular weight is 232 g/mol. The second-order valence-electron chi connectivity index (χ2n) is 3.98. The van der Waals surface area contributed by atoms with Gasteiger partial charge in [0.25, 0.3) is 0 Å². The van der Waals surface area contributed by atoms with E-state index >= 15 is 0 Å². The molecule has 1 aliphatic rings. The fourth-order valence-corrected chi connectivity index (χ4v) is 1.95. The van der Waals surface area contributed by atoms with Gasteiger partial charge in [-0.1, -0.05) is 42.5 Å². The first kappa shape index (κ1) is 10.7. The summed E-state index contributed by atoms with van der Waals surface area (Å²) in [6, 6.07) is 10.2. The summed E-state index contributed by atoms with van der Waals surface area (Å²) in [5.41, 5.74) is 1.80. The average Bonchev–Trinajstić information content (AvgIpc) is 2.38. The summed E-state index contributed by atoms with van der Waals surface area (Å²) in [6.45, 7) is 0. The standard InChI is InChI=1S/C16H12N2/c1-2-6-11-17-15(9-3-1)16-14-8-5-4-7-13(14)10-12-18-16/h1-12H. The highest BCUT2D eigenvalue weighted by Gasteiger charge is 2.06. The summed E-state index contributed by atoms with van der Waals surface area (Å²) in [6.07, 6.45) is 13.4. The van der Waals surface area contributed by atoms with Gasteiger partial charge in [0, 0.05) is 17.8 Å². The van der Waals surface area contributed by atoms with Gasteiger partial charge in [-0.25, -0.2) is 0 Å². The number of fused-ring (bicyclic) bond motifs is 1. The number of nitrogens with zero attached hydrogens (tertiary/aromatic N) is 2. The highest BCUT2D eigenvalue weighted by molar-refractivity contribution is 6.15. The van der Waals surface area contributed by atoms with Crippen LogP contribution in [-0.2, 0) is 0 Å². The van der Waals surface area contributed by atoms with Crippen LogP contribution in [0, 0.1) is 0 Å². The van der Waals surface area contributed by atoms with Gasteiger partial charge in [0.15, 0.2) is 0 Å². The van der Waals surface area contributed by atoms with Crippen molar-refractivity contribution >= 4 is 16.5 Å². The molecule has 18 heavy (non-hydrogen) atoms. The number of hydrogen-bond donors (Lipinski definition) is 0. The SMILES string of the molecule is C1=CC=CC(c2nccc3ccccc23)=NC=C1. The Morgan fingerprint density at radius 3 is 2.72 bits per heavy atom. The highest BCUT2D eigenvalue weighted by Crippen LogP contribution is 2.17. The maximum absolute atomic E-state index is 4.46. The van der Waals surface area contributed by atoms with Crippen LogP contribution in [0.5, 0.6) is 0 Å². The van der Waals surface area contributed by atoms with E-state index in [9.17, 15) is 0 Å². The molecule has 0 aliphatic carbocycles. The predicted molar refractivity (Wildman–Crippen MR) is 75.7 cm³/mol. The molecule has 0 atom stereocenters. The van der Waals surface area contributed by atoms with E-state index in [0.717, 1.165) is 16.8 Å². The number of allylic oxidation sites excluding steroid dienone is 5. The van der Waals surface area contributed by atoms with E-state index in [4.69, 9.17) is 0 Å². The molecule has 1 aromatic carbocycles. The third kappa shape index (κ3) is 2.00. The van der Waals surface area contributed by atoms with E-state index < -0.39 is 0 Å². The van der Waals surface area contributed by atoms with Crippen LogP contribution in [0.2, 0.25) is 0 Å². The van der Waals surface area contributed by atoms with Crippen molar-refractivity contribution in [3.63, 3.8) is 0 Å². The first-order chi connectivity index (χ1) is 8.95. The maximum Gasteiger partial charge on any atom is 0.0964 e. The largest absolute Gasteiger partial charge is 0.255 e. The van der Waals surface area contributed by atoms with Gasteiger partial charge in [0.1, 0.15) is 0 Å². The van der Waals surface area contributed by atoms with Crippen LogP contribution < -0.4 is 0 Å². The second-order valence-corrected chi connectivity index (χ2v) is 3.98. The lowest BCUT2D eigenvalue weighted by Crippen LogP contribution is -2.01. The van der Waals surface area contributed by atoms with E-state index in [-0.39, 0.29) is 0 Å². The molecule has 1 aromatic heterocycles. The van der Waals surface area contributed by atoms with Crippen LogP contribution in [0.25, 0.3) is 10.8 Å². The van der Waals surface area contributed by atoms with Crippen molar-refractivity contribution in [2.45, 2.75) is 0 Å². The van der Waals surface area contributed by atoms with Crippen LogP contribution >= 0.6 is 0 Å². The minimum absolute atomic E-state index is 0.882. The van der Waals surface area contributed by atoms with Crippen LogP contribution in [0.15, 0.2) is 78.1 Å². The molecule has 1 aliphatic heterocycles. The Balaban J connectivity index is 2.20. The molecule has 0 N–H and O–H groups in total. The van der Waals surface area contributed by atoms with Crippen LogP contribution in [0.1, 0.15) is 5.69 Å². The lowest BCUT2D eigenvalue weighted by atomic mass is 10.1. The number of rotatable bonds is 1. The van der Waals surface area contributed by atoms with E-state index in [1.54, 1.807) is 6.20 Å². The molecule has 3 rings (SSSR count). The Hall–Kier alpha value is -2.48. The summed E-state index contributed by atoms with van der Waals surface area (Å²) in [4.78, 5) is 8.90. The van der Waals surface area contributed by atoms with Gasteiger partial charge in [-0.15, -0.1) is 0 Å². The molecule has 2 heterocycles.